The van der Waals surface area contributed by atoms with Crippen LogP contribution in [0.3, 0.4) is 0 Å². The molecule has 0 unspecified atom stereocenters. The molecule has 1 N–H and O–H groups in total. The molecule has 5 heteroatoms. The van der Waals surface area contributed by atoms with Crippen LogP contribution in [0.2, 0.25) is 0 Å². The Hall–Kier alpha value is -3.08. The van der Waals surface area contributed by atoms with Gasteiger partial charge in [-0.2, -0.15) is 0 Å². The van der Waals surface area contributed by atoms with Crippen molar-refractivity contribution in [2.75, 3.05) is 0 Å². The summed E-state index contributed by atoms with van der Waals surface area (Å²) in [5.74, 6) is 1.26. The monoisotopic (exact) mass is 364 g/mol. The van der Waals surface area contributed by atoms with Crippen molar-refractivity contribution < 1.29 is 14.1 Å². The largest absolute Gasteiger partial charge is 0.489 e. The third-order valence-corrected chi connectivity index (χ3v) is 4.58. The Balaban J connectivity index is 1.68. The van der Waals surface area contributed by atoms with Gasteiger partial charge in [-0.05, 0) is 44.0 Å². The summed E-state index contributed by atoms with van der Waals surface area (Å²) in [6.45, 7) is 6.15. The molecule has 0 aliphatic rings. The molecule has 0 saturated heterocycles. The molecule has 1 amide bonds. The van der Waals surface area contributed by atoms with E-state index in [1.807, 2.05) is 56.3 Å². The minimum absolute atomic E-state index is 0.0226. The lowest BCUT2D eigenvalue weighted by atomic mass is 10.0. The zero-order chi connectivity index (χ0) is 19.2. The first kappa shape index (κ1) is 18.7. The lowest BCUT2D eigenvalue weighted by Crippen LogP contribution is -2.28. The van der Waals surface area contributed by atoms with Gasteiger partial charge in [-0.3, -0.25) is 4.79 Å². The van der Waals surface area contributed by atoms with E-state index in [9.17, 15) is 4.79 Å². The lowest BCUT2D eigenvalue weighted by Gasteiger charge is -2.17. The second-order valence-electron chi connectivity index (χ2n) is 6.46. The number of hydrogen-bond acceptors (Lipinski definition) is 4. The van der Waals surface area contributed by atoms with Gasteiger partial charge in [-0.25, -0.2) is 0 Å². The highest BCUT2D eigenvalue weighted by Crippen LogP contribution is 2.20. The van der Waals surface area contributed by atoms with Crippen molar-refractivity contribution in [3.05, 3.63) is 82.7 Å². The van der Waals surface area contributed by atoms with E-state index in [1.54, 1.807) is 12.1 Å². The molecule has 140 valence electrons. The number of nitrogens with zero attached hydrogens (tertiary/aromatic N) is 1. The first-order chi connectivity index (χ1) is 13.1. The molecule has 0 spiro atoms. The SMILES string of the molecule is CC[C@H](NC(=O)c1cccc(OCc2c(C)noc2C)c1)c1ccccc1. The zero-order valence-corrected chi connectivity index (χ0v) is 15.9. The van der Waals surface area contributed by atoms with Crippen LogP contribution in [0.25, 0.3) is 0 Å². The average Bonchev–Trinajstić information content (AvgIpc) is 3.02. The van der Waals surface area contributed by atoms with Gasteiger partial charge >= 0.3 is 0 Å². The third-order valence-electron chi connectivity index (χ3n) is 4.58. The highest BCUT2D eigenvalue weighted by Gasteiger charge is 2.15. The summed E-state index contributed by atoms with van der Waals surface area (Å²) < 4.78 is 11.0. The number of aryl methyl sites for hydroxylation is 2. The Labute approximate surface area is 159 Å². The van der Waals surface area contributed by atoms with E-state index < -0.39 is 0 Å². The quantitative estimate of drug-likeness (QED) is 0.657. The molecule has 5 nitrogen and oxygen atoms in total. The fraction of sp³-hybridized carbons (Fsp3) is 0.273. The van der Waals surface area contributed by atoms with Crippen LogP contribution in [0.1, 0.15) is 52.3 Å². The average molecular weight is 364 g/mol. The third kappa shape index (κ3) is 4.56. The Morgan fingerprint density at radius 2 is 1.93 bits per heavy atom. The van der Waals surface area contributed by atoms with Gasteiger partial charge in [0, 0.05) is 5.56 Å². The lowest BCUT2D eigenvalue weighted by molar-refractivity contribution is 0.0935. The van der Waals surface area contributed by atoms with Gasteiger partial charge < -0.3 is 14.6 Å². The van der Waals surface area contributed by atoms with Gasteiger partial charge in [-0.1, -0.05) is 48.5 Å². The minimum Gasteiger partial charge on any atom is -0.489 e. The van der Waals surface area contributed by atoms with Crippen LogP contribution in [0.15, 0.2) is 59.1 Å². The molecule has 2 aromatic carbocycles. The number of aromatic nitrogens is 1. The minimum atomic E-state index is -0.117. The van der Waals surface area contributed by atoms with E-state index in [-0.39, 0.29) is 11.9 Å². The van der Waals surface area contributed by atoms with Crippen LogP contribution in [0.5, 0.6) is 5.75 Å². The van der Waals surface area contributed by atoms with E-state index in [2.05, 4.69) is 17.4 Å². The standard InChI is InChI=1S/C22H24N2O3/c1-4-21(17-9-6-5-7-10-17)23-22(25)18-11-8-12-19(13-18)26-14-20-15(2)24-27-16(20)3/h5-13,21H,4,14H2,1-3H3,(H,23,25)/t21-/m0/s1. The Morgan fingerprint density at radius 3 is 2.59 bits per heavy atom. The number of hydrogen-bond donors (Lipinski definition) is 1. The predicted molar refractivity (Wildman–Crippen MR) is 104 cm³/mol. The van der Waals surface area contributed by atoms with Crippen molar-refractivity contribution in [2.45, 2.75) is 39.8 Å². The molecular weight excluding hydrogens is 340 g/mol. The molecule has 0 fully saturated rings. The number of nitrogens with one attached hydrogen (secondary N) is 1. The van der Waals surface area contributed by atoms with Crippen LogP contribution < -0.4 is 10.1 Å². The van der Waals surface area contributed by atoms with Crippen molar-refractivity contribution in [1.82, 2.24) is 10.5 Å². The van der Waals surface area contributed by atoms with Gasteiger partial charge in [0.25, 0.3) is 5.91 Å². The predicted octanol–water partition coefficient (Wildman–Crippen LogP) is 4.75. The highest BCUT2D eigenvalue weighted by atomic mass is 16.5. The Morgan fingerprint density at radius 1 is 1.15 bits per heavy atom. The Kier molecular flexibility index (Phi) is 5.91. The van der Waals surface area contributed by atoms with Crippen LogP contribution >= 0.6 is 0 Å². The first-order valence-electron chi connectivity index (χ1n) is 9.09. The van der Waals surface area contributed by atoms with Gasteiger partial charge in [-0.15, -0.1) is 0 Å². The zero-order valence-electron chi connectivity index (χ0n) is 15.9. The normalized spacial score (nSPS) is 11.8. The van der Waals surface area contributed by atoms with Crippen LogP contribution in [0.4, 0.5) is 0 Å². The summed E-state index contributed by atoms with van der Waals surface area (Å²) >= 11 is 0. The molecule has 0 saturated carbocycles. The molecule has 27 heavy (non-hydrogen) atoms. The van der Waals surface area contributed by atoms with Crippen LogP contribution in [-0.2, 0) is 6.61 Å². The van der Waals surface area contributed by atoms with Gasteiger partial charge in [0.05, 0.1) is 17.3 Å². The number of amides is 1. The van der Waals surface area contributed by atoms with Gasteiger partial charge in [0.2, 0.25) is 0 Å². The number of ether oxygens (including phenoxy) is 1. The second-order valence-corrected chi connectivity index (χ2v) is 6.46. The van der Waals surface area contributed by atoms with E-state index in [0.29, 0.717) is 17.9 Å². The molecule has 3 rings (SSSR count). The first-order valence-corrected chi connectivity index (χ1v) is 9.09. The van der Waals surface area contributed by atoms with Crippen molar-refractivity contribution in [3.63, 3.8) is 0 Å². The summed E-state index contributed by atoms with van der Waals surface area (Å²) in [4.78, 5) is 12.7. The summed E-state index contributed by atoms with van der Waals surface area (Å²) in [6, 6.07) is 17.2. The topological polar surface area (TPSA) is 64.4 Å². The molecule has 0 radical (unpaired) electrons. The van der Waals surface area contributed by atoms with E-state index in [4.69, 9.17) is 9.26 Å². The second kappa shape index (κ2) is 8.54. The maximum atomic E-state index is 12.7. The summed E-state index contributed by atoms with van der Waals surface area (Å²) in [6.07, 6.45) is 0.817. The fourth-order valence-electron chi connectivity index (χ4n) is 2.94. The van der Waals surface area contributed by atoms with Crippen molar-refractivity contribution in [1.29, 1.82) is 0 Å². The van der Waals surface area contributed by atoms with Gasteiger partial charge in [0.1, 0.15) is 18.1 Å². The smallest absolute Gasteiger partial charge is 0.251 e. The summed E-state index contributed by atoms with van der Waals surface area (Å²) in [5, 5.41) is 7.02. The number of carbonyl (C=O) groups is 1. The number of carbonyl (C=O) groups excluding carboxylic acids is 1. The summed E-state index contributed by atoms with van der Waals surface area (Å²) in [7, 11) is 0. The van der Waals surface area contributed by atoms with Crippen LogP contribution in [0, 0.1) is 13.8 Å². The molecule has 0 aliphatic carbocycles. The number of rotatable bonds is 7. The maximum absolute atomic E-state index is 12.7. The molecule has 0 bridgehead atoms. The van der Waals surface area contributed by atoms with Crippen molar-refractivity contribution in [3.8, 4) is 5.75 Å². The molecule has 0 aliphatic heterocycles. The molecule has 1 atom stereocenters. The van der Waals surface area contributed by atoms with Crippen molar-refractivity contribution >= 4 is 5.91 Å². The fourth-order valence-corrected chi connectivity index (χ4v) is 2.94. The van der Waals surface area contributed by atoms with E-state index >= 15 is 0 Å². The van der Waals surface area contributed by atoms with E-state index in [1.165, 1.54) is 0 Å². The molecule has 1 heterocycles. The summed E-state index contributed by atoms with van der Waals surface area (Å²) in [5.41, 5.74) is 3.41. The molecule has 1 aromatic heterocycles. The van der Waals surface area contributed by atoms with Crippen LogP contribution in [-0.4, -0.2) is 11.1 Å². The molecule has 3 aromatic rings. The highest BCUT2D eigenvalue weighted by molar-refractivity contribution is 5.94. The molecular formula is C22H24N2O3. The Bertz CT molecular complexity index is 883. The van der Waals surface area contributed by atoms with Crippen molar-refractivity contribution in [2.24, 2.45) is 0 Å². The van der Waals surface area contributed by atoms with E-state index in [0.717, 1.165) is 29.0 Å². The van der Waals surface area contributed by atoms with Gasteiger partial charge in [0.15, 0.2) is 0 Å². The maximum Gasteiger partial charge on any atom is 0.251 e. The number of benzene rings is 2.